The fraction of sp³-hybridized carbons (Fsp3) is 0.381. The molecule has 10 heteroatoms. The second-order valence-electron chi connectivity index (χ2n) is 7.91. The molecule has 1 aliphatic heterocycles. The number of aryl methyl sites for hydroxylation is 2. The molecule has 0 bridgehead atoms. The molecule has 1 aromatic carbocycles. The van der Waals surface area contributed by atoms with Crippen LogP contribution in [0.1, 0.15) is 36.0 Å². The standard InChI is InChI=1S/C21H25FN6O2S/c1-13-20(14(2)26-25-13)31(29,30)28-10-6-9-18(28)19-17(12-23-21(24-19)27(3)4)15-7-5-8-16(22)11-15/h5,7-8,11-12,18H,6,9-10H2,1-4H3,(H,25,26). The summed E-state index contributed by atoms with van der Waals surface area (Å²) < 4.78 is 42.6. The van der Waals surface area contributed by atoms with Crippen molar-refractivity contribution < 1.29 is 12.8 Å². The van der Waals surface area contributed by atoms with Gasteiger partial charge in [0.05, 0.1) is 23.1 Å². The van der Waals surface area contributed by atoms with E-state index < -0.39 is 16.1 Å². The van der Waals surface area contributed by atoms with Gasteiger partial charge in [0.2, 0.25) is 16.0 Å². The van der Waals surface area contributed by atoms with Crippen molar-refractivity contribution in [3.05, 3.63) is 53.4 Å². The SMILES string of the molecule is Cc1n[nH]c(C)c1S(=O)(=O)N1CCCC1c1nc(N(C)C)ncc1-c1cccc(F)c1. The summed E-state index contributed by atoms with van der Waals surface area (Å²) in [4.78, 5) is 11.1. The number of aromatic amines is 1. The number of benzene rings is 1. The first-order valence-corrected chi connectivity index (χ1v) is 11.5. The Bertz CT molecular complexity index is 1200. The molecule has 4 rings (SSSR count). The summed E-state index contributed by atoms with van der Waals surface area (Å²) in [7, 11) is -0.159. The van der Waals surface area contributed by atoms with Crippen LogP contribution in [-0.4, -0.2) is 53.5 Å². The van der Waals surface area contributed by atoms with E-state index in [4.69, 9.17) is 4.98 Å². The van der Waals surface area contributed by atoms with Crippen LogP contribution >= 0.6 is 0 Å². The van der Waals surface area contributed by atoms with E-state index in [2.05, 4.69) is 15.2 Å². The molecule has 1 unspecified atom stereocenters. The van der Waals surface area contributed by atoms with Gasteiger partial charge >= 0.3 is 0 Å². The zero-order chi connectivity index (χ0) is 22.3. The number of anilines is 1. The molecule has 8 nitrogen and oxygen atoms in total. The molecule has 1 atom stereocenters. The van der Waals surface area contributed by atoms with Gasteiger partial charge in [0.1, 0.15) is 10.7 Å². The monoisotopic (exact) mass is 444 g/mol. The Balaban J connectivity index is 1.87. The Morgan fingerprint density at radius 3 is 2.68 bits per heavy atom. The first-order valence-electron chi connectivity index (χ1n) is 10.0. The van der Waals surface area contributed by atoms with Crippen LogP contribution in [0.15, 0.2) is 35.4 Å². The van der Waals surface area contributed by atoms with E-state index in [-0.39, 0.29) is 10.7 Å². The second-order valence-corrected chi connectivity index (χ2v) is 9.74. The highest BCUT2D eigenvalue weighted by molar-refractivity contribution is 7.89. The summed E-state index contributed by atoms with van der Waals surface area (Å²) in [6.45, 7) is 3.75. The summed E-state index contributed by atoms with van der Waals surface area (Å²) in [5, 5.41) is 6.82. The van der Waals surface area contributed by atoms with Crippen LogP contribution in [0.2, 0.25) is 0 Å². The van der Waals surface area contributed by atoms with Crippen molar-refractivity contribution in [3.8, 4) is 11.1 Å². The lowest BCUT2D eigenvalue weighted by Crippen LogP contribution is -2.32. The molecule has 1 N–H and O–H groups in total. The number of aromatic nitrogens is 4. The molecule has 3 heterocycles. The van der Waals surface area contributed by atoms with Gasteiger partial charge in [-0.2, -0.15) is 9.40 Å². The van der Waals surface area contributed by atoms with Crippen molar-refractivity contribution in [1.82, 2.24) is 24.5 Å². The third kappa shape index (κ3) is 3.81. The molecule has 0 amide bonds. The number of halogens is 1. The average molecular weight is 445 g/mol. The van der Waals surface area contributed by atoms with Gasteiger partial charge < -0.3 is 4.90 Å². The van der Waals surface area contributed by atoms with E-state index in [1.165, 1.54) is 16.4 Å². The highest BCUT2D eigenvalue weighted by atomic mass is 32.2. The van der Waals surface area contributed by atoms with E-state index >= 15 is 0 Å². The van der Waals surface area contributed by atoms with Gasteiger partial charge in [0.25, 0.3) is 0 Å². The van der Waals surface area contributed by atoms with Gasteiger partial charge in [-0.25, -0.2) is 22.8 Å². The Morgan fingerprint density at radius 1 is 1.26 bits per heavy atom. The maximum atomic E-state index is 13.9. The van der Waals surface area contributed by atoms with Gasteiger partial charge in [-0.15, -0.1) is 0 Å². The lowest BCUT2D eigenvalue weighted by atomic mass is 10.0. The van der Waals surface area contributed by atoms with Crippen molar-refractivity contribution in [2.24, 2.45) is 0 Å². The van der Waals surface area contributed by atoms with Gasteiger partial charge in [-0.05, 0) is 44.4 Å². The van der Waals surface area contributed by atoms with Crippen LogP contribution in [-0.2, 0) is 10.0 Å². The van der Waals surface area contributed by atoms with Crippen LogP contribution in [0, 0.1) is 19.7 Å². The summed E-state index contributed by atoms with van der Waals surface area (Å²) in [6, 6.07) is 5.69. The van der Waals surface area contributed by atoms with Crippen molar-refractivity contribution in [2.45, 2.75) is 37.6 Å². The van der Waals surface area contributed by atoms with Gasteiger partial charge in [-0.1, -0.05) is 12.1 Å². The molecular formula is C21H25FN6O2S. The van der Waals surface area contributed by atoms with Crippen LogP contribution in [0.25, 0.3) is 11.1 Å². The lowest BCUT2D eigenvalue weighted by Gasteiger charge is -2.26. The molecule has 1 aliphatic rings. The van der Waals surface area contributed by atoms with Crippen LogP contribution in [0.4, 0.5) is 10.3 Å². The summed E-state index contributed by atoms with van der Waals surface area (Å²) in [6.07, 6.45) is 2.95. The summed E-state index contributed by atoms with van der Waals surface area (Å²) >= 11 is 0. The molecule has 0 radical (unpaired) electrons. The third-order valence-electron chi connectivity index (χ3n) is 5.49. The molecule has 0 spiro atoms. The first-order chi connectivity index (χ1) is 14.7. The number of sulfonamides is 1. The Hall–Kier alpha value is -2.85. The third-order valence-corrected chi connectivity index (χ3v) is 7.66. The minimum Gasteiger partial charge on any atom is -0.347 e. The number of hydrogen-bond acceptors (Lipinski definition) is 6. The molecule has 31 heavy (non-hydrogen) atoms. The van der Waals surface area contributed by atoms with E-state index in [1.54, 1.807) is 37.1 Å². The van der Waals surface area contributed by atoms with E-state index in [9.17, 15) is 12.8 Å². The highest BCUT2D eigenvalue weighted by Gasteiger charge is 2.40. The smallest absolute Gasteiger partial charge is 0.247 e. The van der Waals surface area contributed by atoms with Crippen molar-refractivity contribution >= 4 is 16.0 Å². The predicted octanol–water partition coefficient (Wildman–Crippen LogP) is 3.21. The maximum Gasteiger partial charge on any atom is 0.247 e. The number of nitrogens with zero attached hydrogens (tertiary/aromatic N) is 5. The minimum atomic E-state index is -3.80. The van der Waals surface area contributed by atoms with Crippen molar-refractivity contribution in [1.29, 1.82) is 0 Å². The number of H-pyrrole nitrogens is 1. The van der Waals surface area contributed by atoms with Crippen molar-refractivity contribution in [3.63, 3.8) is 0 Å². The van der Waals surface area contributed by atoms with Crippen molar-refractivity contribution in [2.75, 3.05) is 25.5 Å². The Kier molecular flexibility index (Phi) is 5.52. The molecule has 1 fully saturated rings. The van der Waals surface area contributed by atoms with Crippen LogP contribution in [0.3, 0.4) is 0 Å². The molecule has 164 valence electrons. The fourth-order valence-electron chi connectivity index (χ4n) is 4.07. The van der Waals surface area contributed by atoms with Gasteiger partial charge in [-0.3, -0.25) is 5.10 Å². The molecular weight excluding hydrogens is 419 g/mol. The van der Waals surface area contributed by atoms with E-state index in [1.807, 2.05) is 14.1 Å². The van der Waals surface area contributed by atoms with Crippen LogP contribution in [0.5, 0.6) is 0 Å². The second kappa shape index (κ2) is 8.01. The highest BCUT2D eigenvalue weighted by Crippen LogP contribution is 2.41. The number of nitrogens with one attached hydrogen (secondary N) is 1. The molecule has 1 saturated heterocycles. The average Bonchev–Trinajstić information content (AvgIpc) is 3.35. The molecule has 0 aliphatic carbocycles. The van der Waals surface area contributed by atoms with E-state index in [0.717, 1.165) is 0 Å². The first kappa shape index (κ1) is 21.4. The normalized spacial score (nSPS) is 17.3. The zero-order valence-corrected chi connectivity index (χ0v) is 18.7. The maximum absolute atomic E-state index is 13.9. The Morgan fingerprint density at radius 2 is 2.03 bits per heavy atom. The van der Waals surface area contributed by atoms with Gasteiger partial charge in [0.15, 0.2) is 0 Å². The fourth-order valence-corrected chi connectivity index (χ4v) is 6.07. The summed E-state index contributed by atoms with van der Waals surface area (Å²) in [5.41, 5.74) is 2.75. The number of hydrogen-bond donors (Lipinski definition) is 1. The van der Waals surface area contributed by atoms with Crippen LogP contribution < -0.4 is 4.90 Å². The minimum absolute atomic E-state index is 0.202. The zero-order valence-electron chi connectivity index (χ0n) is 17.9. The van der Waals surface area contributed by atoms with Gasteiger partial charge in [0, 0.05) is 32.4 Å². The predicted molar refractivity (Wildman–Crippen MR) is 116 cm³/mol. The molecule has 3 aromatic rings. The van der Waals surface area contributed by atoms with E-state index in [0.29, 0.717) is 53.5 Å². The number of rotatable bonds is 5. The molecule has 2 aromatic heterocycles. The summed E-state index contributed by atoms with van der Waals surface area (Å²) in [5.74, 6) is 0.0933. The quantitative estimate of drug-likeness (QED) is 0.649. The molecule has 0 saturated carbocycles. The largest absolute Gasteiger partial charge is 0.347 e. The topological polar surface area (TPSA) is 95.1 Å². The lowest BCUT2D eigenvalue weighted by molar-refractivity contribution is 0.390. The Labute approximate surface area is 181 Å².